The molecule has 2 N–H and O–H groups in total. The van der Waals surface area contributed by atoms with Gasteiger partial charge in [-0.3, -0.25) is 4.90 Å². The van der Waals surface area contributed by atoms with E-state index in [4.69, 9.17) is 4.74 Å². The summed E-state index contributed by atoms with van der Waals surface area (Å²) in [6.07, 6.45) is 4.21. The fourth-order valence-electron chi connectivity index (χ4n) is 4.32. The summed E-state index contributed by atoms with van der Waals surface area (Å²) < 4.78 is 5.59. The molecule has 28 heavy (non-hydrogen) atoms. The maximum atomic E-state index is 10.2. The van der Waals surface area contributed by atoms with Crippen LogP contribution in [-0.4, -0.2) is 41.4 Å². The van der Waals surface area contributed by atoms with E-state index in [1.54, 1.807) is 0 Å². The smallest absolute Gasteiger partial charge is 0.124 e. The average molecular weight is 384 g/mol. The second-order valence-electron chi connectivity index (χ2n) is 7.99. The Hall–Kier alpha value is -1.88. The van der Waals surface area contributed by atoms with Gasteiger partial charge >= 0.3 is 0 Å². The number of rotatable bonds is 9. The molecule has 0 amide bonds. The number of hydrogen-bond donors (Lipinski definition) is 2. The molecule has 4 nitrogen and oxygen atoms in total. The van der Waals surface area contributed by atoms with Crippen LogP contribution in [0.2, 0.25) is 0 Å². The molecule has 0 saturated carbocycles. The van der Waals surface area contributed by atoms with Gasteiger partial charge in [-0.05, 0) is 62.4 Å². The Morgan fingerprint density at radius 1 is 1.07 bits per heavy atom. The van der Waals surface area contributed by atoms with Crippen molar-refractivity contribution in [1.82, 2.24) is 4.90 Å². The largest absolute Gasteiger partial charge is 0.494 e. The summed E-state index contributed by atoms with van der Waals surface area (Å²) in [5, 5.41) is 19.9. The van der Waals surface area contributed by atoms with Gasteiger partial charge in [0.25, 0.3) is 0 Å². The molecule has 1 aliphatic heterocycles. The van der Waals surface area contributed by atoms with E-state index in [0.29, 0.717) is 6.61 Å². The first kappa shape index (κ1) is 20.8. The molecule has 1 aliphatic rings. The number of likely N-dealkylation sites (tertiary alicyclic amines) is 1. The van der Waals surface area contributed by atoms with Crippen molar-refractivity contribution in [3.05, 3.63) is 65.2 Å². The highest BCUT2D eigenvalue weighted by atomic mass is 16.5. The molecule has 0 bridgehead atoms. The van der Waals surface area contributed by atoms with Crippen molar-refractivity contribution in [2.75, 3.05) is 26.3 Å². The quantitative estimate of drug-likeness (QED) is 0.692. The molecular weight excluding hydrogens is 350 g/mol. The highest BCUT2D eigenvalue weighted by Gasteiger charge is 2.34. The standard InChI is InChI=1S/C24H33NO3/c1-2-28-23-10-9-21(15-22(23)17-26)16-25-14-6-12-24(18-25,19-27)13-11-20-7-4-3-5-8-20/h3-5,7-10,15,26-27H,2,6,11-14,16-19H2,1H3/t24-/m1/s1. The zero-order chi connectivity index (χ0) is 19.8. The summed E-state index contributed by atoms with van der Waals surface area (Å²) in [4.78, 5) is 2.45. The van der Waals surface area contributed by atoms with E-state index < -0.39 is 0 Å². The number of hydrogen-bond acceptors (Lipinski definition) is 4. The van der Waals surface area contributed by atoms with Gasteiger partial charge in [0.2, 0.25) is 0 Å². The van der Waals surface area contributed by atoms with Crippen molar-refractivity contribution >= 4 is 0 Å². The second kappa shape index (κ2) is 10.1. The summed E-state index contributed by atoms with van der Waals surface area (Å²) in [6, 6.07) is 16.6. The molecule has 1 saturated heterocycles. The van der Waals surface area contributed by atoms with Crippen LogP contribution in [0, 0.1) is 5.41 Å². The molecule has 152 valence electrons. The van der Waals surface area contributed by atoms with Crippen molar-refractivity contribution in [2.45, 2.75) is 45.8 Å². The number of piperidine rings is 1. The predicted octanol–water partition coefficient (Wildman–Crippen LogP) is 3.78. The van der Waals surface area contributed by atoms with Crippen molar-refractivity contribution < 1.29 is 14.9 Å². The minimum Gasteiger partial charge on any atom is -0.494 e. The van der Waals surface area contributed by atoms with Crippen LogP contribution in [0.15, 0.2) is 48.5 Å². The molecule has 2 aromatic rings. The summed E-state index contributed by atoms with van der Waals surface area (Å²) in [7, 11) is 0. The molecule has 1 heterocycles. The zero-order valence-corrected chi connectivity index (χ0v) is 16.9. The van der Waals surface area contributed by atoms with Crippen LogP contribution in [0.4, 0.5) is 0 Å². The van der Waals surface area contributed by atoms with E-state index in [9.17, 15) is 10.2 Å². The molecule has 0 aromatic heterocycles. The molecule has 1 fully saturated rings. The Bertz CT molecular complexity index is 734. The topological polar surface area (TPSA) is 52.9 Å². The molecule has 1 atom stereocenters. The molecule has 0 aliphatic carbocycles. The van der Waals surface area contributed by atoms with Gasteiger partial charge in [0.15, 0.2) is 0 Å². The van der Waals surface area contributed by atoms with E-state index in [2.05, 4.69) is 35.2 Å². The molecule has 0 unspecified atom stereocenters. The lowest BCUT2D eigenvalue weighted by molar-refractivity contribution is 0.0224. The van der Waals surface area contributed by atoms with E-state index in [1.165, 1.54) is 11.1 Å². The van der Waals surface area contributed by atoms with Crippen LogP contribution >= 0.6 is 0 Å². The van der Waals surface area contributed by atoms with Gasteiger partial charge in [-0.1, -0.05) is 36.4 Å². The fraction of sp³-hybridized carbons (Fsp3) is 0.500. The Morgan fingerprint density at radius 2 is 1.89 bits per heavy atom. The lowest BCUT2D eigenvalue weighted by Crippen LogP contribution is -2.45. The maximum Gasteiger partial charge on any atom is 0.124 e. The van der Waals surface area contributed by atoms with Crippen LogP contribution in [0.25, 0.3) is 0 Å². The number of benzene rings is 2. The molecule has 0 radical (unpaired) electrons. The predicted molar refractivity (Wildman–Crippen MR) is 112 cm³/mol. The summed E-state index contributed by atoms with van der Waals surface area (Å²) in [6.45, 7) is 5.58. The van der Waals surface area contributed by atoms with Crippen LogP contribution < -0.4 is 4.74 Å². The lowest BCUT2D eigenvalue weighted by atomic mass is 9.76. The second-order valence-corrected chi connectivity index (χ2v) is 7.99. The van der Waals surface area contributed by atoms with E-state index in [0.717, 1.165) is 56.6 Å². The molecule has 0 spiro atoms. The first-order valence-corrected chi connectivity index (χ1v) is 10.4. The first-order chi connectivity index (χ1) is 13.7. The summed E-state index contributed by atoms with van der Waals surface area (Å²) >= 11 is 0. The third-order valence-electron chi connectivity index (χ3n) is 5.86. The lowest BCUT2D eigenvalue weighted by Gasteiger charge is -2.42. The Labute approximate surface area is 168 Å². The van der Waals surface area contributed by atoms with E-state index in [-0.39, 0.29) is 18.6 Å². The van der Waals surface area contributed by atoms with Gasteiger partial charge in [-0.2, -0.15) is 0 Å². The molecule has 4 heteroatoms. The Kier molecular flexibility index (Phi) is 7.49. The van der Waals surface area contributed by atoms with E-state index >= 15 is 0 Å². The minimum absolute atomic E-state index is 0.0131. The SMILES string of the molecule is CCOc1ccc(CN2CCC[C@@](CO)(CCc3ccccc3)C2)cc1CO. The minimum atomic E-state index is -0.0286. The van der Waals surface area contributed by atoms with Crippen LogP contribution in [0.5, 0.6) is 5.75 Å². The third-order valence-corrected chi connectivity index (χ3v) is 5.86. The Balaban J connectivity index is 1.64. The number of ether oxygens (including phenoxy) is 1. The highest BCUT2D eigenvalue weighted by Crippen LogP contribution is 2.35. The first-order valence-electron chi connectivity index (χ1n) is 10.4. The third kappa shape index (κ3) is 5.34. The van der Waals surface area contributed by atoms with Gasteiger partial charge in [-0.15, -0.1) is 0 Å². The van der Waals surface area contributed by atoms with Crippen molar-refractivity contribution in [3.63, 3.8) is 0 Å². The fourth-order valence-corrected chi connectivity index (χ4v) is 4.32. The monoisotopic (exact) mass is 383 g/mol. The number of aliphatic hydroxyl groups excluding tert-OH is 2. The number of aliphatic hydroxyl groups is 2. The van der Waals surface area contributed by atoms with Gasteiger partial charge in [-0.25, -0.2) is 0 Å². The zero-order valence-electron chi connectivity index (χ0n) is 16.9. The number of aryl methyl sites for hydroxylation is 1. The van der Waals surface area contributed by atoms with E-state index in [1.807, 2.05) is 25.1 Å². The maximum absolute atomic E-state index is 10.2. The van der Waals surface area contributed by atoms with Crippen LogP contribution in [-0.2, 0) is 19.6 Å². The highest BCUT2D eigenvalue weighted by molar-refractivity contribution is 5.37. The summed E-state index contributed by atoms with van der Waals surface area (Å²) in [5.74, 6) is 0.764. The normalized spacial score (nSPS) is 20.2. The van der Waals surface area contributed by atoms with Gasteiger partial charge in [0.1, 0.15) is 5.75 Å². The van der Waals surface area contributed by atoms with Crippen molar-refractivity contribution in [2.24, 2.45) is 5.41 Å². The molecule has 3 rings (SSSR count). The summed E-state index contributed by atoms with van der Waals surface area (Å²) in [5.41, 5.74) is 3.34. The average Bonchev–Trinajstić information content (AvgIpc) is 2.74. The van der Waals surface area contributed by atoms with Gasteiger partial charge < -0.3 is 14.9 Å². The number of nitrogens with zero attached hydrogens (tertiary/aromatic N) is 1. The van der Waals surface area contributed by atoms with Crippen molar-refractivity contribution in [1.29, 1.82) is 0 Å². The van der Waals surface area contributed by atoms with Crippen LogP contribution in [0.1, 0.15) is 42.9 Å². The van der Waals surface area contributed by atoms with Gasteiger partial charge in [0.05, 0.1) is 13.2 Å². The molecule has 2 aromatic carbocycles. The molecular formula is C24H33NO3. The Morgan fingerprint density at radius 3 is 2.61 bits per heavy atom. The van der Waals surface area contributed by atoms with Gasteiger partial charge in [0, 0.05) is 30.7 Å². The van der Waals surface area contributed by atoms with Crippen LogP contribution in [0.3, 0.4) is 0 Å². The van der Waals surface area contributed by atoms with Crippen molar-refractivity contribution in [3.8, 4) is 5.75 Å².